The van der Waals surface area contributed by atoms with Gasteiger partial charge in [-0.25, -0.2) is 18.1 Å². The van der Waals surface area contributed by atoms with Gasteiger partial charge in [0.1, 0.15) is 6.61 Å². The number of nitrogens with one attached hydrogen (secondary N) is 2. The molecule has 0 bridgehead atoms. The van der Waals surface area contributed by atoms with Crippen LogP contribution >= 0.6 is 0 Å². The monoisotopic (exact) mass is 291 g/mol. The number of aromatic nitrogens is 2. The smallest absolute Gasteiger partial charge is 0.264 e. The molecule has 0 unspecified atom stereocenters. The molecule has 0 aliphatic heterocycles. The predicted molar refractivity (Wildman–Crippen MR) is 74.5 cm³/mol. The number of sulfonamides is 1. The summed E-state index contributed by atoms with van der Waals surface area (Å²) in [5.41, 5.74) is 1.39. The van der Waals surface area contributed by atoms with Gasteiger partial charge in [0.05, 0.1) is 4.90 Å². The van der Waals surface area contributed by atoms with Gasteiger partial charge in [-0.1, -0.05) is 11.8 Å². The molecule has 1 heterocycles. The molecule has 2 rings (SSSR count). The Hall–Kier alpha value is -2.30. The first-order valence-corrected chi connectivity index (χ1v) is 7.24. The normalized spacial score (nSPS) is 10.7. The summed E-state index contributed by atoms with van der Waals surface area (Å²) in [5, 5.41) is 8.66. The van der Waals surface area contributed by atoms with Gasteiger partial charge in [-0.3, -0.25) is 0 Å². The van der Waals surface area contributed by atoms with E-state index in [-0.39, 0.29) is 17.5 Å². The second kappa shape index (κ2) is 5.77. The first-order valence-electron chi connectivity index (χ1n) is 5.75. The zero-order chi connectivity index (χ0) is 14.6. The van der Waals surface area contributed by atoms with E-state index >= 15 is 0 Å². The van der Waals surface area contributed by atoms with Crippen LogP contribution in [0.15, 0.2) is 35.5 Å². The molecule has 20 heavy (non-hydrogen) atoms. The predicted octanol–water partition coefficient (Wildman–Crippen LogP) is 0.863. The largest absolute Gasteiger partial charge is 0.384 e. The van der Waals surface area contributed by atoms with Gasteiger partial charge in [-0.05, 0) is 30.7 Å². The van der Waals surface area contributed by atoms with Crippen molar-refractivity contribution in [2.45, 2.75) is 11.8 Å². The summed E-state index contributed by atoms with van der Waals surface area (Å²) in [6.07, 6.45) is 2.98. The number of hydrogen-bond donors (Lipinski definition) is 3. The van der Waals surface area contributed by atoms with Crippen LogP contribution in [0.4, 0.5) is 5.95 Å². The highest BCUT2D eigenvalue weighted by Gasteiger charge is 2.16. The van der Waals surface area contributed by atoms with Gasteiger partial charge in [-0.15, -0.1) is 0 Å². The average molecular weight is 291 g/mol. The molecular formula is C13H13N3O3S. The van der Waals surface area contributed by atoms with Crippen LogP contribution < -0.4 is 4.72 Å². The van der Waals surface area contributed by atoms with Crippen LogP contribution in [0.5, 0.6) is 0 Å². The number of aliphatic hydroxyl groups is 1. The molecule has 0 aliphatic rings. The van der Waals surface area contributed by atoms with Crippen molar-refractivity contribution in [1.29, 1.82) is 0 Å². The van der Waals surface area contributed by atoms with Crippen molar-refractivity contribution in [3.63, 3.8) is 0 Å². The topological polar surface area (TPSA) is 95.1 Å². The zero-order valence-corrected chi connectivity index (χ0v) is 11.5. The molecule has 0 spiro atoms. The Morgan fingerprint density at radius 2 is 2.25 bits per heavy atom. The molecule has 1 aromatic heterocycles. The number of aryl methyl sites for hydroxylation is 1. The second-order valence-electron chi connectivity index (χ2n) is 3.98. The molecule has 7 heteroatoms. The maximum atomic E-state index is 12.1. The van der Waals surface area contributed by atoms with Crippen molar-refractivity contribution in [1.82, 2.24) is 9.97 Å². The first kappa shape index (κ1) is 14.1. The number of nitrogens with zero attached hydrogens (tertiary/aromatic N) is 1. The Labute approximate surface area is 116 Å². The number of hydrogen-bond acceptors (Lipinski definition) is 4. The Balaban J connectivity index is 2.31. The number of rotatable bonds is 3. The number of aliphatic hydroxyl groups excluding tert-OH is 1. The van der Waals surface area contributed by atoms with Crippen LogP contribution in [0, 0.1) is 18.8 Å². The van der Waals surface area contributed by atoms with E-state index in [4.69, 9.17) is 5.11 Å². The van der Waals surface area contributed by atoms with Gasteiger partial charge in [0.15, 0.2) is 0 Å². The fourth-order valence-electron chi connectivity index (χ4n) is 1.59. The standard InChI is InChI=1S/C13H13N3O3S/c1-10-9-12(5-4-11(10)3-2-8-17)20(18,19)16-13-14-6-7-15-13/h4-7,9,17H,8H2,1H3,(H2,14,15,16). The quantitative estimate of drug-likeness (QED) is 0.731. The van der Waals surface area contributed by atoms with Crippen molar-refractivity contribution in [2.75, 3.05) is 11.3 Å². The summed E-state index contributed by atoms with van der Waals surface area (Å²) in [6.45, 7) is 1.52. The fourth-order valence-corrected chi connectivity index (χ4v) is 2.65. The lowest BCUT2D eigenvalue weighted by Gasteiger charge is -2.07. The van der Waals surface area contributed by atoms with E-state index < -0.39 is 10.0 Å². The van der Waals surface area contributed by atoms with Gasteiger partial charge in [0.25, 0.3) is 10.0 Å². The lowest BCUT2D eigenvalue weighted by molar-refractivity contribution is 0.350. The lowest BCUT2D eigenvalue weighted by atomic mass is 10.1. The zero-order valence-electron chi connectivity index (χ0n) is 10.7. The summed E-state index contributed by atoms with van der Waals surface area (Å²) in [4.78, 5) is 6.60. The highest BCUT2D eigenvalue weighted by atomic mass is 32.2. The van der Waals surface area contributed by atoms with Crippen LogP contribution in [0.2, 0.25) is 0 Å². The van der Waals surface area contributed by atoms with E-state index in [1.54, 1.807) is 13.0 Å². The summed E-state index contributed by atoms with van der Waals surface area (Å²) in [5.74, 6) is 5.44. The van der Waals surface area contributed by atoms with Crippen molar-refractivity contribution >= 4 is 16.0 Å². The second-order valence-corrected chi connectivity index (χ2v) is 5.66. The maximum absolute atomic E-state index is 12.1. The summed E-state index contributed by atoms with van der Waals surface area (Å²) < 4.78 is 26.6. The summed E-state index contributed by atoms with van der Waals surface area (Å²) >= 11 is 0. The van der Waals surface area contributed by atoms with Crippen molar-refractivity contribution in [2.24, 2.45) is 0 Å². The number of benzene rings is 1. The molecule has 1 aromatic carbocycles. The van der Waals surface area contributed by atoms with E-state index in [9.17, 15) is 8.42 Å². The third-order valence-electron chi connectivity index (χ3n) is 2.54. The summed E-state index contributed by atoms with van der Waals surface area (Å²) in [6, 6.07) is 4.58. The van der Waals surface area contributed by atoms with E-state index in [0.29, 0.717) is 11.1 Å². The SMILES string of the molecule is Cc1cc(S(=O)(=O)Nc2ncc[nH]2)ccc1C#CCO. The Kier molecular flexibility index (Phi) is 4.08. The van der Waals surface area contributed by atoms with Gasteiger partial charge in [0.2, 0.25) is 5.95 Å². The van der Waals surface area contributed by atoms with E-state index in [2.05, 4.69) is 26.5 Å². The third-order valence-corrected chi connectivity index (χ3v) is 3.88. The van der Waals surface area contributed by atoms with E-state index in [1.807, 2.05) is 0 Å². The highest BCUT2D eigenvalue weighted by Crippen LogP contribution is 2.17. The average Bonchev–Trinajstić information content (AvgIpc) is 2.89. The molecule has 0 aliphatic carbocycles. The van der Waals surface area contributed by atoms with Crippen molar-refractivity contribution < 1.29 is 13.5 Å². The number of imidazole rings is 1. The molecule has 0 atom stereocenters. The van der Waals surface area contributed by atoms with Crippen molar-refractivity contribution in [3.05, 3.63) is 41.7 Å². The van der Waals surface area contributed by atoms with Crippen LogP contribution in [0.3, 0.4) is 0 Å². The Morgan fingerprint density at radius 3 is 2.85 bits per heavy atom. The minimum Gasteiger partial charge on any atom is -0.384 e. The minimum atomic E-state index is -3.68. The minimum absolute atomic E-state index is 0.126. The Morgan fingerprint density at radius 1 is 1.45 bits per heavy atom. The first-order chi connectivity index (χ1) is 9.53. The number of aromatic amines is 1. The van der Waals surface area contributed by atoms with Gasteiger partial charge in [-0.2, -0.15) is 0 Å². The Bertz CT molecular complexity index is 756. The molecule has 2 aromatic rings. The van der Waals surface area contributed by atoms with Gasteiger partial charge >= 0.3 is 0 Å². The number of H-pyrrole nitrogens is 1. The van der Waals surface area contributed by atoms with Crippen LogP contribution in [0.1, 0.15) is 11.1 Å². The highest BCUT2D eigenvalue weighted by molar-refractivity contribution is 7.92. The molecule has 0 saturated heterocycles. The lowest BCUT2D eigenvalue weighted by Crippen LogP contribution is -2.14. The molecule has 6 nitrogen and oxygen atoms in total. The van der Waals surface area contributed by atoms with E-state index in [1.165, 1.54) is 24.5 Å². The maximum Gasteiger partial charge on any atom is 0.264 e. The molecule has 0 saturated carbocycles. The van der Waals surface area contributed by atoms with E-state index in [0.717, 1.165) is 0 Å². The molecule has 0 amide bonds. The molecular weight excluding hydrogens is 278 g/mol. The van der Waals surface area contributed by atoms with Crippen molar-refractivity contribution in [3.8, 4) is 11.8 Å². The summed E-state index contributed by atoms with van der Waals surface area (Å²) in [7, 11) is -3.68. The molecule has 0 fully saturated rings. The van der Waals surface area contributed by atoms with Gasteiger partial charge in [0, 0.05) is 18.0 Å². The van der Waals surface area contributed by atoms with Crippen LogP contribution in [-0.2, 0) is 10.0 Å². The third kappa shape index (κ3) is 3.17. The van der Waals surface area contributed by atoms with Crippen LogP contribution in [-0.4, -0.2) is 30.1 Å². The molecule has 104 valence electrons. The van der Waals surface area contributed by atoms with Crippen LogP contribution in [0.25, 0.3) is 0 Å². The molecule has 0 radical (unpaired) electrons. The van der Waals surface area contributed by atoms with Gasteiger partial charge < -0.3 is 10.1 Å². The number of anilines is 1. The molecule has 3 N–H and O–H groups in total. The fraction of sp³-hybridized carbons (Fsp3) is 0.154.